The Morgan fingerprint density at radius 2 is 1.61 bits per heavy atom. The van der Waals surface area contributed by atoms with Crippen molar-refractivity contribution >= 4 is 12.2 Å². The van der Waals surface area contributed by atoms with Crippen LogP contribution in [0.1, 0.15) is 19.4 Å². The summed E-state index contributed by atoms with van der Waals surface area (Å²) in [5, 5.41) is 0. The van der Waals surface area contributed by atoms with Gasteiger partial charge in [-0.15, -0.1) is 0 Å². The van der Waals surface area contributed by atoms with Crippen LogP contribution < -0.4 is 5.73 Å². The molecule has 0 bridgehead atoms. The number of benzene rings is 1. The second-order valence-corrected chi connectivity index (χ2v) is 3.55. The Morgan fingerprint density at radius 3 is 2.11 bits per heavy atom. The predicted octanol–water partition coefficient (Wildman–Crippen LogP) is 3.70. The van der Waals surface area contributed by atoms with E-state index in [1.54, 1.807) is 6.20 Å². The molecule has 2 aromatic rings. The number of nitrogens with zero attached hydrogens (tertiary/aromatic N) is 2. The van der Waals surface area contributed by atoms with Crippen LogP contribution >= 0.6 is 0 Å². The number of aryl methyl sites for hydroxylation is 1. The minimum atomic E-state index is 0.623. The number of hydrogen-bond acceptors (Lipinski definition) is 2. The number of rotatable bonds is 2. The molecule has 3 nitrogen and oxygen atoms in total. The average Bonchev–Trinajstić information content (AvgIpc) is 2.43. The number of nitrogens with two attached hydrogens (primary N) is 1. The summed E-state index contributed by atoms with van der Waals surface area (Å²) in [6.07, 6.45) is 3.04. The maximum absolute atomic E-state index is 5.19. The van der Waals surface area contributed by atoms with Crippen LogP contribution in [0.4, 0.5) is 5.82 Å². The van der Waals surface area contributed by atoms with Gasteiger partial charge in [-0.3, -0.25) is 0 Å². The molecule has 1 aromatic heterocycles. The molecule has 94 valence electrons. The molecular weight excluding hydrogens is 222 g/mol. The van der Waals surface area contributed by atoms with E-state index in [2.05, 4.69) is 41.2 Å². The summed E-state index contributed by atoms with van der Waals surface area (Å²) in [6.45, 7) is 6.07. The number of pyridine rings is 1. The van der Waals surface area contributed by atoms with E-state index < -0.39 is 0 Å². The fraction of sp³-hybridized carbons (Fsp3) is 0.200. The van der Waals surface area contributed by atoms with Gasteiger partial charge in [0, 0.05) is 11.8 Å². The first-order valence-electron chi connectivity index (χ1n) is 6.07. The molecule has 3 heteroatoms. The van der Waals surface area contributed by atoms with Gasteiger partial charge in [-0.1, -0.05) is 43.7 Å². The molecule has 18 heavy (non-hydrogen) atoms. The summed E-state index contributed by atoms with van der Waals surface area (Å²) in [7, 11) is 0. The van der Waals surface area contributed by atoms with Gasteiger partial charge in [0.1, 0.15) is 0 Å². The highest BCUT2D eigenvalue weighted by Gasteiger charge is 1.97. The van der Waals surface area contributed by atoms with Crippen molar-refractivity contribution in [3.05, 3.63) is 48.2 Å². The average molecular weight is 241 g/mol. The lowest BCUT2D eigenvalue weighted by atomic mass is 10.1. The fourth-order valence-electron chi connectivity index (χ4n) is 1.46. The highest BCUT2D eigenvalue weighted by Crippen LogP contribution is 2.20. The van der Waals surface area contributed by atoms with Crippen molar-refractivity contribution in [3.8, 4) is 11.1 Å². The molecule has 0 aliphatic rings. The van der Waals surface area contributed by atoms with Crippen molar-refractivity contribution < 1.29 is 0 Å². The Morgan fingerprint density at radius 1 is 1.00 bits per heavy atom. The molecular formula is C15H19N3. The first-order chi connectivity index (χ1) is 8.79. The Bertz CT molecular complexity index is 484. The smallest absolute Gasteiger partial charge is 0.153 e. The molecule has 1 aromatic carbocycles. The number of aliphatic imine (C=N–C) groups is 1. The van der Waals surface area contributed by atoms with Gasteiger partial charge in [-0.25, -0.2) is 9.98 Å². The summed E-state index contributed by atoms with van der Waals surface area (Å²) < 4.78 is 0. The molecule has 0 aliphatic heterocycles. The molecule has 0 amide bonds. The van der Waals surface area contributed by atoms with Gasteiger partial charge in [0.15, 0.2) is 5.82 Å². The lowest BCUT2D eigenvalue weighted by Crippen LogP contribution is -1.87. The van der Waals surface area contributed by atoms with Crippen molar-refractivity contribution in [1.29, 1.82) is 0 Å². The second-order valence-electron chi connectivity index (χ2n) is 3.55. The van der Waals surface area contributed by atoms with E-state index in [1.165, 1.54) is 11.9 Å². The Hall–Kier alpha value is -2.16. The molecule has 0 saturated carbocycles. The highest BCUT2D eigenvalue weighted by molar-refractivity contribution is 5.64. The largest absolute Gasteiger partial charge is 0.390 e. The highest BCUT2D eigenvalue weighted by atomic mass is 14.9. The zero-order valence-corrected chi connectivity index (χ0v) is 11.1. The third kappa shape index (κ3) is 3.70. The summed E-state index contributed by atoms with van der Waals surface area (Å²) in [5.41, 5.74) is 8.68. The van der Waals surface area contributed by atoms with Gasteiger partial charge in [-0.05, 0) is 24.6 Å². The zero-order chi connectivity index (χ0) is 13.4. The normalized spacial score (nSPS) is 9.94. The third-order valence-corrected chi connectivity index (χ3v) is 2.34. The minimum Gasteiger partial charge on any atom is -0.390 e. The monoisotopic (exact) mass is 241 g/mol. The van der Waals surface area contributed by atoms with Crippen LogP contribution in [0.5, 0.6) is 0 Å². The van der Waals surface area contributed by atoms with E-state index in [0.29, 0.717) is 5.82 Å². The van der Waals surface area contributed by atoms with Crippen molar-refractivity contribution in [1.82, 2.24) is 4.98 Å². The van der Waals surface area contributed by atoms with E-state index in [4.69, 9.17) is 5.73 Å². The quantitative estimate of drug-likeness (QED) is 0.643. The molecule has 0 atom stereocenters. The van der Waals surface area contributed by atoms with Crippen molar-refractivity contribution in [2.45, 2.75) is 20.8 Å². The summed E-state index contributed by atoms with van der Waals surface area (Å²) >= 11 is 0. The van der Waals surface area contributed by atoms with Crippen LogP contribution in [0.2, 0.25) is 0 Å². The van der Waals surface area contributed by atoms with Gasteiger partial charge in [-0.2, -0.15) is 0 Å². The minimum absolute atomic E-state index is 0.623. The third-order valence-electron chi connectivity index (χ3n) is 2.34. The van der Waals surface area contributed by atoms with E-state index in [0.717, 1.165) is 11.1 Å². The van der Waals surface area contributed by atoms with Gasteiger partial charge >= 0.3 is 0 Å². The number of hydrogen-bond donors (Lipinski definition) is 1. The SMILES string of the molecule is CC.Cc1ccc(-c2ccc(N=CN)nc2)cc1. The van der Waals surface area contributed by atoms with E-state index >= 15 is 0 Å². The Balaban J connectivity index is 0.000000771. The number of aromatic nitrogens is 1. The van der Waals surface area contributed by atoms with Crippen molar-refractivity contribution in [3.63, 3.8) is 0 Å². The summed E-state index contributed by atoms with van der Waals surface area (Å²) in [5.74, 6) is 0.623. The Labute approximate surface area is 108 Å². The molecule has 0 aliphatic carbocycles. The maximum atomic E-state index is 5.19. The maximum Gasteiger partial charge on any atom is 0.153 e. The molecule has 0 saturated heterocycles. The molecule has 2 N–H and O–H groups in total. The molecule has 0 radical (unpaired) electrons. The summed E-state index contributed by atoms with van der Waals surface area (Å²) in [6, 6.07) is 12.2. The second kappa shape index (κ2) is 7.22. The van der Waals surface area contributed by atoms with Crippen LogP contribution in [0, 0.1) is 6.92 Å². The van der Waals surface area contributed by atoms with Crippen LogP contribution in [0.3, 0.4) is 0 Å². The topological polar surface area (TPSA) is 51.3 Å². The molecule has 2 rings (SSSR count). The molecule has 0 unspecified atom stereocenters. The van der Waals surface area contributed by atoms with Gasteiger partial charge in [0.05, 0.1) is 6.34 Å². The molecule has 1 heterocycles. The first kappa shape index (κ1) is 13.9. The van der Waals surface area contributed by atoms with Gasteiger partial charge in [0.2, 0.25) is 0 Å². The van der Waals surface area contributed by atoms with Crippen LogP contribution in [0.25, 0.3) is 11.1 Å². The summed E-state index contributed by atoms with van der Waals surface area (Å²) in [4.78, 5) is 8.09. The van der Waals surface area contributed by atoms with E-state index in [-0.39, 0.29) is 0 Å². The van der Waals surface area contributed by atoms with Crippen molar-refractivity contribution in [2.24, 2.45) is 10.7 Å². The standard InChI is InChI=1S/C13H13N3.C2H6/c1-10-2-4-11(5-3-10)12-6-7-13(15-8-12)16-9-14;1-2/h2-9H,1H3,(H2,14,15,16);1-2H3. The van der Waals surface area contributed by atoms with Crippen molar-refractivity contribution in [2.75, 3.05) is 0 Å². The predicted molar refractivity (Wildman–Crippen MR) is 78.1 cm³/mol. The lowest BCUT2D eigenvalue weighted by Gasteiger charge is -2.01. The van der Waals surface area contributed by atoms with E-state index in [9.17, 15) is 0 Å². The Kier molecular flexibility index (Phi) is 5.58. The van der Waals surface area contributed by atoms with Gasteiger partial charge < -0.3 is 5.73 Å². The molecule has 0 spiro atoms. The lowest BCUT2D eigenvalue weighted by molar-refractivity contribution is 1.27. The van der Waals surface area contributed by atoms with Crippen LogP contribution in [-0.4, -0.2) is 11.3 Å². The van der Waals surface area contributed by atoms with Gasteiger partial charge in [0.25, 0.3) is 0 Å². The zero-order valence-electron chi connectivity index (χ0n) is 11.1. The fourth-order valence-corrected chi connectivity index (χ4v) is 1.46. The van der Waals surface area contributed by atoms with Crippen LogP contribution in [0.15, 0.2) is 47.6 Å². The first-order valence-corrected chi connectivity index (χ1v) is 6.07. The van der Waals surface area contributed by atoms with Crippen LogP contribution in [-0.2, 0) is 0 Å². The molecule has 0 fully saturated rings. The van der Waals surface area contributed by atoms with E-state index in [1.807, 2.05) is 26.0 Å².